The van der Waals surface area contributed by atoms with E-state index in [1.807, 2.05) is 30.0 Å². The zero-order chi connectivity index (χ0) is 14.7. The van der Waals surface area contributed by atoms with Gasteiger partial charge in [-0.3, -0.25) is 14.5 Å². The number of carbonyl (C=O) groups is 2. The van der Waals surface area contributed by atoms with Gasteiger partial charge in [-0.2, -0.15) is 0 Å². The van der Waals surface area contributed by atoms with Crippen LogP contribution in [0.3, 0.4) is 0 Å². The lowest BCUT2D eigenvalue weighted by atomic mass is 10.0. The molecule has 2 atom stereocenters. The summed E-state index contributed by atoms with van der Waals surface area (Å²) in [7, 11) is 0. The lowest BCUT2D eigenvalue weighted by molar-refractivity contribution is -0.143. The molecule has 1 aliphatic heterocycles. The Morgan fingerprint density at radius 2 is 2.25 bits per heavy atom. The Hall–Kier alpha value is -1.59. The first-order chi connectivity index (χ1) is 9.50. The van der Waals surface area contributed by atoms with Crippen molar-refractivity contribution >= 4 is 23.5 Å². The maximum Gasteiger partial charge on any atom is 0.305 e. The molecule has 1 amide bonds. The van der Waals surface area contributed by atoms with Crippen LogP contribution in [0.15, 0.2) is 24.3 Å². The standard InChI is InChI=1S/C14H17ClN2O3/c1-9(10-4-2-3-5-11(10)15)17-7-6-16-14(20)12(17)8-13(18)19/h2-5,9,12H,6-8H2,1H3,(H,16,20)(H,18,19). The maximum atomic E-state index is 11.9. The third-order valence-corrected chi connectivity index (χ3v) is 3.94. The Labute approximate surface area is 122 Å². The molecule has 6 heteroatoms. The summed E-state index contributed by atoms with van der Waals surface area (Å²) < 4.78 is 0. The highest BCUT2D eigenvalue weighted by Crippen LogP contribution is 2.29. The van der Waals surface area contributed by atoms with E-state index < -0.39 is 12.0 Å². The number of benzene rings is 1. The lowest BCUT2D eigenvalue weighted by Crippen LogP contribution is -2.56. The molecule has 2 rings (SSSR count). The highest BCUT2D eigenvalue weighted by molar-refractivity contribution is 6.31. The van der Waals surface area contributed by atoms with E-state index in [0.717, 1.165) is 5.56 Å². The van der Waals surface area contributed by atoms with E-state index in [2.05, 4.69) is 5.32 Å². The van der Waals surface area contributed by atoms with Gasteiger partial charge < -0.3 is 10.4 Å². The first kappa shape index (κ1) is 14.8. The minimum atomic E-state index is -0.983. The van der Waals surface area contributed by atoms with Gasteiger partial charge in [0.25, 0.3) is 0 Å². The van der Waals surface area contributed by atoms with Crippen molar-refractivity contribution in [2.24, 2.45) is 0 Å². The van der Waals surface area contributed by atoms with Crippen molar-refractivity contribution in [3.8, 4) is 0 Å². The summed E-state index contributed by atoms with van der Waals surface area (Å²) >= 11 is 6.18. The minimum Gasteiger partial charge on any atom is -0.481 e. The third kappa shape index (κ3) is 3.11. The second-order valence-corrected chi connectivity index (χ2v) is 5.25. The average molecular weight is 297 g/mol. The molecule has 1 heterocycles. The molecule has 0 saturated carbocycles. The zero-order valence-corrected chi connectivity index (χ0v) is 11.9. The van der Waals surface area contributed by atoms with Gasteiger partial charge in [0.05, 0.1) is 6.42 Å². The van der Waals surface area contributed by atoms with Gasteiger partial charge in [0.15, 0.2) is 0 Å². The molecule has 2 N–H and O–H groups in total. The predicted molar refractivity (Wildman–Crippen MR) is 75.6 cm³/mol. The second-order valence-electron chi connectivity index (χ2n) is 4.84. The fraction of sp³-hybridized carbons (Fsp3) is 0.429. The highest BCUT2D eigenvalue weighted by atomic mass is 35.5. The molecule has 1 fully saturated rings. The third-order valence-electron chi connectivity index (χ3n) is 3.59. The Bertz CT molecular complexity index is 521. The molecular formula is C14H17ClN2O3. The second kappa shape index (κ2) is 6.24. The van der Waals surface area contributed by atoms with Crippen LogP contribution in [0.1, 0.15) is 24.9 Å². The fourth-order valence-corrected chi connectivity index (χ4v) is 2.86. The lowest BCUT2D eigenvalue weighted by Gasteiger charge is -2.38. The molecule has 1 aromatic carbocycles. The number of hydrogen-bond donors (Lipinski definition) is 2. The van der Waals surface area contributed by atoms with Gasteiger partial charge in [0, 0.05) is 24.2 Å². The van der Waals surface area contributed by atoms with Crippen molar-refractivity contribution in [1.82, 2.24) is 10.2 Å². The maximum absolute atomic E-state index is 11.9. The number of rotatable bonds is 4. The molecule has 108 valence electrons. The molecule has 0 aromatic heterocycles. The van der Waals surface area contributed by atoms with E-state index in [1.165, 1.54) is 0 Å². The number of carbonyl (C=O) groups excluding carboxylic acids is 1. The summed E-state index contributed by atoms with van der Waals surface area (Å²) in [5, 5.41) is 12.3. The molecular weight excluding hydrogens is 280 g/mol. The first-order valence-electron chi connectivity index (χ1n) is 6.50. The summed E-state index contributed by atoms with van der Waals surface area (Å²) in [5.41, 5.74) is 0.902. The highest BCUT2D eigenvalue weighted by Gasteiger charge is 2.35. The van der Waals surface area contributed by atoms with Gasteiger partial charge in [0.2, 0.25) is 5.91 Å². The summed E-state index contributed by atoms with van der Waals surface area (Å²) in [6.07, 6.45) is -0.208. The van der Waals surface area contributed by atoms with Crippen LogP contribution >= 0.6 is 11.6 Å². The van der Waals surface area contributed by atoms with Gasteiger partial charge in [0.1, 0.15) is 6.04 Å². The van der Waals surface area contributed by atoms with Crippen molar-refractivity contribution in [3.63, 3.8) is 0 Å². The molecule has 1 aromatic rings. The Kier molecular flexibility index (Phi) is 4.62. The van der Waals surface area contributed by atoms with E-state index in [0.29, 0.717) is 18.1 Å². The first-order valence-corrected chi connectivity index (χ1v) is 6.88. The number of piperazine rings is 1. The van der Waals surface area contributed by atoms with E-state index in [4.69, 9.17) is 16.7 Å². The largest absolute Gasteiger partial charge is 0.481 e. The van der Waals surface area contributed by atoms with Gasteiger partial charge in [-0.25, -0.2) is 0 Å². The average Bonchev–Trinajstić information content (AvgIpc) is 2.40. The van der Waals surface area contributed by atoms with E-state index >= 15 is 0 Å². The molecule has 0 aliphatic carbocycles. The number of hydrogen-bond acceptors (Lipinski definition) is 3. The molecule has 20 heavy (non-hydrogen) atoms. The normalized spacial score (nSPS) is 21.3. The molecule has 0 bridgehead atoms. The van der Waals surface area contributed by atoms with Crippen molar-refractivity contribution in [3.05, 3.63) is 34.9 Å². The fourth-order valence-electron chi connectivity index (χ4n) is 2.56. The topological polar surface area (TPSA) is 69.6 Å². The summed E-state index contributed by atoms with van der Waals surface area (Å²) in [6.45, 7) is 3.06. The smallest absolute Gasteiger partial charge is 0.305 e. The molecule has 0 spiro atoms. The Morgan fingerprint density at radius 3 is 2.90 bits per heavy atom. The van der Waals surface area contributed by atoms with Crippen LogP contribution in [0, 0.1) is 0 Å². The number of aliphatic carboxylic acids is 1. The molecule has 2 unspecified atom stereocenters. The van der Waals surface area contributed by atoms with Crippen LogP contribution in [-0.2, 0) is 9.59 Å². The van der Waals surface area contributed by atoms with Crippen LogP contribution in [0.5, 0.6) is 0 Å². The summed E-state index contributed by atoms with van der Waals surface area (Å²) in [6, 6.07) is 6.65. The van der Waals surface area contributed by atoms with Crippen molar-refractivity contribution in [1.29, 1.82) is 0 Å². The quantitative estimate of drug-likeness (QED) is 0.887. The van der Waals surface area contributed by atoms with Gasteiger partial charge in [-0.1, -0.05) is 29.8 Å². The monoisotopic (exact) mass is 296 g/mol. The van der Waals surface area contributed by atoms with Gasteiger partial charge in [-0.15, -0.1) is 0 Å². The van der Waals surface area contributed by atoms with Crippen molar-refractivity contribution in [2.45, 2.75) is 25.4 Å². The number of nitrogens with zero attached hydrogens (tertiary/aromatic N) is 1. The number of carboxylic acid groups (broad SMARTS) is 1. The number of halogens is 1. The molecule has 5 nitrogen and oxygen atoms in total. The number of nitrogens with one attached hydrogen (secondary N) is 1. The number of amides is 1. The van der Waals surface area contributed by atoms with Crippen LogP contribution in [0.25, 0.3) is 0 Å². The van der Waals surface area contributed by atoms with E-state index in [-0.39, 0.29) is 18.4 Å². The van der Waals surface area contributed by atoms with Crippen LogP contribution in [0.4, 0.5) is 0 Å². The van der Waals surface area contributed by atoms with Gasteiger partial charge in [-0.05, 0) is 18.6 Å². The number of carboxylic acids is 1. The summed E-state index contributed by atoms with van der Waals surface area (Å²) in [5.74, 6) is -1.22. The molecule has 1 saturated heterocycles. The van der Waals surface area contributed by atoms with Crippen molar-refractivity contribution in [2.75, 3.05) is 13.1 Å². The predicted octanol–water partition coefficient (Wildman–Crippen LogP) is 1.68. The SMILES string of the molecule is CC(c1ccccc1Cl)N1CCNC(=O)C1CC(=O)O. The Morgan fingerprint density at radius 1 is 1.55 bits per heavy atom. The van der Waals surface area contributed by atoms with Crippen molar-refractivity contribution < 1.29 is 14.7 Å². The van der Waals surface area contributed by atoms with Crippen LogP contribution in [0.2, 0.25) is 5.02 Å². The zero-order valence-electron chi connectivity index (χ0n) is 11.2. The minimum absolute atomic E-state index is 0.112. The van der Waals surface area contributed by atoms with E-state index in [1.54, 1.807) is 6.07 Å². The van der Waals surface area contributed by atoms with Crippen LogP contribution < -0.4 is 5.32 Å². The van der Waals surface area contributed by atoms with Crippen LogP contribution in [-0.4, -0.2) is 41.0 Å². The Balaban J connectivity index is 2.25. The summed E-state index contributed by atoms with van der Waals surface area (Å²) in [4.78, 5) is 24.8. The molecule has 1 aliphatic rings. The van der Waals surface area contributed by atoms with E-state index in [9.17, 15) is 9.59 Å². The van der Waals surface area contributed by atoms with Gasteiger partial charge >= 0.3 is 5.97 Å². The molecule has 0 radical (unpaired) electrons.